The Morgan fingerprint density at radius 3 is 1.70 bits per heavy atom. The maximum Gasteiger partial charge on any atom is 0.340 e. The fourth-order valence-corrected chi connectivity index (χ4v) is 0.587. The van der Waals surface area contributed by atoms with Crippen LogP contribution < -0.4 is 0 Å². The van der Waals surface area contributed by atoms with E-state index in [1.54, 1.807) is 0 Å². The number of carbonyl (C=O) groups is 1. The lowest BCUT2D eigenvalue weighted by atomic mass is 10.1. The Labute approximate surface area is 58.3 Å². The van der Waals surface area contributed by atoms with Gasteiger partial charge in [0.25, 0.3) is 0 Å². The van der Waals surface area contributed by atoms with Gasteiger partial charge in [0.15, 0.2) is 0 Å². The number of carboxylic acid groups (broad SMARTS) is 1. The SMILES string of the molecule is CC(=N)/C(C(=O)O)=C(/C)O. The number of hydrogen-bond donors (Lipinski definition) is 3. The van der Waals surface area contributed by atoms with E-state index in [9.17, 15) is 4.79 Å². The Balaban J connectivity index is 4.79. The normalized spacial score (nSPS) is 12.2. The molecule has 0 unspecified atom stereocenters. The molecular weight excluding hydrogens is 134 g/mol. The maximum absolute atomic E-state index is 10.2. The van der Waals surface area contributed by atoms with Crippen molar-refractivity contribution in [2.24, 2.45) is 0 Å². The number of aliphatic hydroxyl groups excluding tert-OH is 1. The van der Waals surface area contributed by atoms with Crippen molar-refractivity contribution in [2.75, 3.05) is 0 Å². The molecule has 0 aromatic carbocycles. The molecule has 0 spiro atoms. The van der Waals surface area contributed by atoms with Crippen LogP contribution in [0.3, 0.4) is 0 Å². The van der Waals surface area contributed by atoms with Crippen LogP contribution in [0.1, 0.15) is 13.8 Å². The van der Waals surface area contributed by atoms with Gasteiger partial charge in [-0.3, -0.25) is 0 Å². The average Bonchev–Trinajstić information content (AvgIpc) is 1.59. The van der Waals surface area contributed by atoms with E-state index in [1.165, 1.54) is 13.8 Å². The third kappa shape index (κ3) is 1.89. The molecular formula is C6H9NO3. The molecule has 0 heterocycles. The summed E-state index contributed by atoms with van der Waals surface area (Å²) in [4.78, 5) is 10.2. The van der Waals surface area contributed by atoms with E-state index in [1.807, 2.05) is 0 Å². The minimum Gasteiger partial charge on any atom is -0.512 e. The highest BCUT2D eigenvalue weighted by atomic mass is 16.4. The van der Waals surface area contributed by atoms with Gasteiger partial charge in [-0.1, -0.05) is 0 Å². The van der Waals surface area contributed by atoms with Crippen LogP contribution >= 0.6 is 0 Å². The summed E-state index contributed by atoms with van der Waals surface area (Å²) in [6.07, 6.45) is 0. The summed E-state index contributed by atoms with van der Waals surface area (Å²) in [5.41, 5.74) is -0.479. The third-order valence-corrected chi connectivity index (χ3v) is 0.951. The number of nitrogens with one attached hydrogen (secondary N) is 1. The maximum atomic E-state index is 10.2. The zero-order chi connectivity index (χ0) is 8.31. The van der Waals surface area contributed by atoms with Gasteiger partial charge in [-0.15, -0.1) is 0 Å². The van der Waals surface area contributed by atoms with Gasteiger partial charge in [-0.05, 0) is 13.8 Å². The van der Waals surface area contributed by atoms with Crippen molar-refractivity contribution in [2.45, 2.75) is 13.8 Å². The van der Waals surface area contributed by atoms with E-state index in [0.717, 1.165) is 0 Å². The van der Waals surface area contributed by atoms with Gasteiger partial charge in [0.1, 0.15) is 11.3 Å². The lowest BCUT2D eigenvalue weighted by Gasteiger charge is -1.98. The molecule has 4 heteroatoms. The molecule has 0 fully saturated rings. The predicted molar refractivity (Wildman–Crippen MR) is 36.4 cm³/mol. The minimum absolute atomic E-state index is 0.146. The summed E-state index contributed by atoms with van der Waals surface area (Å²) in [6.45, 7) is 2.55. The summed E-state index contributed by atoms with van der Waals surface area (Å²) in [6, 6.07) is 0. The number of aliphatic hydroxyl groups is 1. The summed E-state index contributed by atoms with van der Waals surface area (Å²) in [5.74, 6) is -1.60. The highest BCUT2D eigenvalue weighted by molar-refractivity contribution is 6.17. The summed E-state index contributed by atoms with van der Waals surface area (Å²) in [7, 11) is 0. The number of rotatable bonds is 2. The second kappa shape index (κ2) is 3.00. The van der Waals surface area contributed by atoms with Gasteiger partial charge in [0.2, 0.25) is 0 Å². The lowest BCUT2D eigenvalue weighted by Crippen LogP contribution is -2.10. The van der Waals surface area contributed by atoms with Gasteiger partial charge in [-0.2, -0.15) is 0 Å². The van der Waals surface area contributed by atoms with Crippen LogP contribution in [0, 0.1) is 5.41 Å². The summed E-state index contributed by atoms with van der Waals surface area (Å²) in [5, 5.41) is 24.0. The molecule has 0 aliphatic carbocycles. The average molecular weight is 143 g/mol. The Bertz CT molecular complexity index is 185. The van der Waals surface area contributed by atoms with Crippen LogP contribution in [-0.4, -0.2) is 21.9 Å². The molecule has 0 bridgehead atoms. The molecule has 10 heavy (non-hydrogen) atoms. The van der Waals surface area contributed by atoms with Crippen molar-refractivity contribution in [3.8, 4) is 0 Å². The number of allylic oxidation sites excluding steroid dienone is 1. The van der Waals surface area contributed by atoms with Crippen molar-refractivity contribution in [1.29, 1.82) is 5.41 Å². The van der Waals surface area contributed by atoms with Crippen LogP contribution in [0.15, 0.2) is 11.3 Å². The molecule has 0 saturated heterocycles. The molecule has 4 nitrogen and oxygen atoms in total. The van der Waals surface area contributed by atoms with E-state index in [2.05, 4.69) is 0 Å². The van der Waals surface area contributed by atoms with Crippen molar-refractivity contribution >= 4 is 11.7 Å². The topological polar surface area (TPSA) is 81.4 Å². The van der Waals surface area contributed by atoms with E-state index in [-0.39, 0.29) is 17.0 Å². The molecule has 0 amide bonds. The van der Waals surface area contributed by atoms with Crippen LogP contribution in [0.4, 0.5) is 0 Å². The minimum atomic E-state index is -1.27. The predicted octanol–water partition coefficient (Wildman–Crippen LogP) is 0.943. The number of hydrogen-bond acceptors (Lipinski definition) is 3. The molecule has 0 rings (SSSR count). The zero-order valence-corrected chi connectivity index (χ0v) is 5.80. The van der Waals surface area contributed by atoms with Crippen molar-refractivity contribution in [3.05, 3.63) is 11.3 Å². The van der Waals surface area contributed by atoms with E-state index < -0.39 is 5.97 Å². The molecule has 0 aliphatic heterocycles. The summed E-state index contributed by atoms with van der Waals surface area (Å²) >= 11 is 0. The van der Waals surface area contributed by atoms with Crippen LogP contribution in [0.25, 0.3) is 0 Å². The van der Waals surface area contributed by atoms with Crippen molar-refractivity contribution < 1.29 is 15.0 Å². The van der Waals surface area contributed by atoms with Crippen molar-refractivity contribution in [3.63, 3.8) is 0 Å². The lowest BCUT2D eigenvalue weighted by molar-refractivity contribution is -0.132. The molecule has 0 radical (unpaired) electrons. The Morgan fingerprint density at radius 2 is 1.70 bits per heavy atom. The van der Waals surface area contributed by atoms with Crippen LogP contribution in [0.5, 0.6) is 0 Å². The largest absolute Gasteiger partial charge is 0.512 e. The Morgan fingerprint density at radius 1 is 1.30 bits per heavy atom. The number of aliphatic carboxylic acids is 1. The molecule has 56 valence electrons. The third-order valence-electron chi connectivity index (χ3n) is 0.951. The first-order valence-electron chi connectivity index (χ1n) is 2.65. The second-order valence-electron chi connectivity index (χ2n) is 1.89. The molecule has 0 atom stereocenters. The molecule has 3 N–H and O–H groups in total. The smallest absolute Gasteiger partial charge is 0.340 e. The summed E-state index contributed by atoms with van der Waals surface area (Å²) < 4.78 is 0. The van der Waals surface area contributed by atoms with E-state index in [0.29, 0.717) is 0 Å². The first-order valence-corrected chi connectivity index (χ1v) is 2.65. The highest BCUT2D eigenvalue weighted by Gasteiger charge is 2.12. The zero-order valence-electron chi connectivity index (χ0n) is 5.80. The standard InChI is InChI=1S/C6H9NO3/c1-3(7)5(4(2)8)6(9)10/h7-8H,1-2H3,(H,9,10)/b5-4+,7-3?. The van der Waals surface area contributed by atoms with E-state index >= 15 is 0 Å². The molecule has 0 aliphatic rings. The molecule has 0 aromatic heterocycles. The van der Waals surface area contributed by atoms with Crippen LogP contribution in [-0.2, 0) is 4.79 Å². The Kier molecular flexibility index (Phi) is 2.61. The van der Waals surface area contributed by atoms with E-state index in [4.69, 9.17) is 15.6 Å². The second-order valence-corrected chi connectivity index (χ2v) is 1.89. The highest BCUT2D eigenvalue weighted by Crippen LogP contribution is 2.01. The van der Waals surface area contributed by atoms with Gasteiger partial charge >= 0.3 is 5.97 Å². The molecule has 0 aromatic rings. The monoisotopic (exact) mass is 143 g/mol. The number of carboxylic acids is 1. The van der Waals surface area contributed by atoms with Crippen molar-refractivity contribution in [1.82, 2.24) is 0 Å². The van der Waals surface area contributed by atoms with Gasteiger partial charge in [0, 0.05) is 5.71 Å². The van der Waals surface area contributed by atoms with Gasteiger partial charge in [-0.25, -0.2) is 4.79 Å². The fraction of sp³-hybridized carbons (Fsp3) is 0.333. The fourth-order valence-electron chi connectivity index (χ4n) is 0.587. The Hall–Kier alpha value is -1.32. The first-order chi connectivity index (χ1) is 4.46. The van der Waals surface area contributed by atoms with Gasteiger partial charge in [0.05, 0.1) is 0 Å². The quantitative estimate of drug-likeness (QED) is 0.305. The molecule has 0 saturated carbocycles. The van der Waals surface area contributed by atoms with Crippen LogP contribution in [0.2, 0.25) is 0 Å². The first kappa shape index (κ1) is 8.68. The van der Waals surface area contributed by atoms with Gasteiger partial charge < -0.3 is 15.6 Å².